The van der Waals surface area contributed by atoms with Gasteiger partial charge in [0.05, 0.1) is 6.61 Å². The topological polar surface area (TPSA) is 26.3 Å². The first-order valence-corrected chi connectivity index (χ1v) is 3.48. The molecule has 0 amide bonds. The predicted molar refractivity (Wildman–Crippen MR) is 54.1 cm³/mol. The van der Waals surface area contributed by atoms with E-state index >= 15 is 0 Å². The van der Waals surface area contributed by atoms with Crippen molar-refractivity contribution in [1.29, 1.82) is 0 Å². The van der Waals surface area contributed by atoms with Crippen molar-refractivity contribution in [2.45, 2.75) is 6.92 Å². The van der Waals surface area contributed by atoms with Gasteiger partial charge >= 0.3 is 0 Å². The van der Waals surface area contributed by atoms with Crippen LogP contribution in [0.5, 0.6) is 0 Å². The van der Waals surface area contributed by atoms with Crippen molar-refractivity contribution in [3.63, 3.8) is 0 Å². The Morgan fingerprint density at radius 1 is 1.43 bits per heavy atom. The number of hydrogen-bond donors (Lipinski definition) is 0. The Balaban J connectivity index is -0.000000403. The molecule has 0 saturated carbocycles. The van der Waals surface area contributed by atoms with Crippen molar-refractivity contribution in [2.24, 2.45) is 0 Å². The first-order chi connectivity index (χ1) is 5.34. The molecule has 1 aromatic carbocycles. The van der Waals surface area contributed by atoms with Gasteiger partial charge in [0.25, 0.3) is 0 Å². The SMILES string of the molecule is CCOC(=O)c1[c-]cccc1.[CH3-].[CH3-].[W]. The summed E-state index contributed by atoms with van der Waals surface area (Å²) in [5, 5.41) is 0. The van der Waals surface area contributed by atoms with Gasteiger partial charge in [-0.05, 0) is 6.92 Å². The summed E-state index contributed by atoms with van der Waals surface area (Å²) in [5.74, 6) is -0.312. The van der Waals surface area contributed by atoms with E-state index in [4.69, 9.17) is 4.74 Å². The largest absolute Gasteiger partial charge is 0.506 e. The van der Waals surface area contributed by atoms with E-state index in [2.05, 4.69) is 6.07 Å². The Hall–Kier alpha value is -0.622. The summed E-state index contributed by atoms with van der Waals surface area (Å²) in [4.78, 5) is 11.0. The molecule has 0 radical (unpaired) electrons. The average Bonchev–Trinajstić information content (AvgIpc) is 2.07. The molecule has 1 aromatic rings. The molecule has 0 spiro atoms. The van der Waals surface area contributed by atoms with E-state index in [-0.39, 0.29) is 41.9 Å². The van der Waals surface area contributed by atoms with Gasteiger partial charge in [-0.1, -0.05) is 5.56 Å². The number of carbonyl (C=O) groups excluding carboxylic acids is 1. The number of benzene rings is 1. The summed E-state index contributed by atoms with van der Waals surface area (Å²) in [6.45, 7) is 2.18. The zero-order chi connectivity index (χ0) is 8.10. The summed E-state index contributed by atoms with van der Waals surface area (Å²) in [7, 11) is 0. The molecule has 0 aliphatic carbocycles. The van der Waals surface area contributed by atoms with Crippen molar-refractivity contribution in [3.05, 3.63) is 50.7 Å². The van der Waals surface area contributed by atoms with E-state index in [9.17, 15) is 4.79 Å². The molecule has 14 heavy (non-hydrogen) atoms. The van der Waals surface area contributed by atoms with Crippen LogP contribution in [0.2, 0.25) is 0 Å². The second kappa shape index (κ2) is 10.5. The second-order valence-corrected chi connectivity index (χ2v) is 2.00. The number of hydrogen-bond acceptors (Lipinski definition) is 2. The molecule has 0 heterocycles. The molecular weight excluding hydrogens is 348 g/mol. The van der Waals surface area contributed by atoms with E-state index in [1.807, 2.05) is 6.07 Å². The van der Waals surface area contributed by atoms with Crippen LogP contribution in [0.25, 0.3) is 0 Å². The van der Waals surface area contributed by atoms with Gasteiger partial charge in [-0.3, -0.25) is 0 Å². The van der Waals surface area contributed by atoms with Crippen LogP contribution in [-0.2, 0) is 25.8 Å². The molecule has 0 aliphatic heterocycles. The van der Waals surface area contributed by atoms with Gasteiger partial charge in [-0.25, -0.2) is 0 Å². The quantitative estimate of drug-likeness (QED) is 0.597. The minimum absolute atomic E-state index is 0. The van der Waals surface area contributed by atoms with E-state index in [0.29, 0.717) is 12.2 Å². The minimum atomic E-state index is -0.312. The third-order valence-corrected chi connectivity index (χ3v) is 1.20. The maximum absolute atomic E-state index is 11.0. The van der Waals surface area contributed by atoms with Crippen LogP contribution in [0, 0.1) is 20.9 Å². The van der Waals surface area contributed by atoms with E-state index in [1.165, 1.54) is 0 Å². The maximum atomic E-state index is 11.0. The fourth-order valence-corrected chi connectivity index (χ4v) is 0.729. The first kappa shape index (κ1) is 19.0. The number of rotatable bonds is 2. The van der Waals surface area contributed by atoms with Crippen molar-refractivity contribution in [3.8, 4) is 0 Å². The zero-order valence-electron chi connectivity index (χ0n) is 8.74. The summed E-state index contributed by atoms with van der Waals surface area (Å²) in [6.07, 6.45) is 0. The van der Waals surface area contributed by atoms with Gasteiger partial charge < -0.3 is 24.4 Å². The molecule has 80 valence electrons. The molecule has 0 fully saturated rings. The maximum Gasteiger partial charge on any atom is 0.250 e. The average molecular weight is 363 g/mol. The van der Waals surface area contributed by atoms with E-state index in [0.717, 1.165) is 0 Å². The monoisotopic (exact) mass is 363 g/mol. The fourth-order valence-electron chi connectivity index (χ4n) is 0.729. The van der Waals surface area contributed by atoms with Crippen LogP contribution >= 0.6 is 0 Å². The van der Waals surface area contributed by atoms with Crippen molar-refractivity contribution in [2.75, 3.05) is 6.61 Å². The fraction of sp³-hybridized carbons (Fsp3) is 0.182. The molecule has 3 heteroatoms. The molecule has 0 bridgehead atoms. The molecule has 0 aromatic heterocycles. The number of carbonyl (C=O) groups is 1. The molecule has 0 saturated heterocycles. The van der Waals surface area contributed by atoms with Gasteiger partial charge in [-0.2, -0.15) is 0 Å². The minimum Gasteiger partial charge on any atom is -0.506 e. The van der Waals surface area contributed by atoms with E-state index < -0.39 is 0 Å². The smallest absolute Gasteiger partial charge is 0.250 e. The second-order valence-electron chi connectivity index (χ2n) is 2.00. The van der Waals surface area contributed by atoms with Gasteiger partial charge in [0.2, 0.25) is 5.97 Å². The number of ether oxygens (including phenoxy) is 1. The molecular formula is C11H15O2W-3. The van der Waals surface area contributed by atoms with Gasteiger partial charge in [0.15, 0.2) is 0 Å². The summed E-state index contributed by atoms with van der Waals surface area (Å²) in [5.41, 5.74) is 0.481. The van der Waals surface area contributed by atoms with Gasteiger partial charge in [0.1, 0.15) is 0 Å². The van der Waals surface area contributed by atoms with Crippen LogP contribution < -0.4 is 0 Å². The molecule has 0 unspecified atom stereocenters. The third-order valence-electron chi connectivity index (χ3n) is 1.20. The van der Waals surface area contributed by atoms with Crippen LogP contribution in [0.15, 0.2) is 24.3 Å². The molecule has 0 aliphatic rings. The number of esters is 1. The van der Waals surface area contributed by atoms with Gasteiger partial charge in [0, 0.05) is 21.1 Å². The van der Waals surface area contributed by atoms with Crippen LogP contribution in [0.3, 0.4) is 0 Å². The van der Waals surface area contributed by atoms with Crippen molar-refractivity contribution >= 4 is 5.97 Å². The first-order valence-electron chi connectivity index (χ1n) is 3.48. The predicted octanol–water partition coefficient (Wildman–Crippen LogP) is 2.56. The Morgan fingerprint density at radius 3 is 2.50 bits per heavy atom. The van der Waals surface area contributed by atoms with Crippen LogP contribution in [0.1, 0.15) is 17.3 Å². The molecule has 0 N–H and O–H groups in total. The van der Waals surface area contributed by atoms with Crippen LogP contribution in [0.4, 0.5) is 0 Å². The van der Waals surface area contributed by atoms with Crippen LogP contribution in [-0.4, -0.2) is 12.6 Å². The Labute approximate surface area is 101 Å². The molecule has 2 nitrogen and oxygen atoms in total. The van der Waals surface area contributed by atoms with E-state index in [1.54, 1.807) is 25.1 Å². The normalized spacial score (nSPS) is 7.21. The van der Waals surface area contributed by atoms with Gasteiger partial charge in [-0.15, -0.1) is 30.3 Å². The summed E-state index contributed by atoms with van der Waals surface area (Å²) in [6, 6.07) is 9.73. The summed E-state index contributed by atoms with van der Waals surface area (Å²) < 4.78 is 4.76. The molecule has 1 rings (SSSR count). The Kier molecular flexibility index (Phi) is 14.2. The Bertz CT molecular complexity index is 234. The standard InChI is InChI=1S/C9H9O2.2CH3.W/c1-2-11-9(10)8-6-4-3-5-7-8;;;/h3-6H,2H2,1H3;2*1H3;/q3*-1;. The van der Waals surface area contributed by atoms with Crippen molar-refractivity contribution in [1.82, 2.24) is 0 Å². The summed E-state index contributed by atoms with van der Waals surface area (Å²) >= 11 is 0. The Morgan fingerprint density at radius 2 is 2.07 bits per heavy atom. The molecule has 0 atom stereocenters. The zero-order valence-corrected chi connectivity index (χ0v) is 11.7. The van der Waals surface area contributed by atoms with Crippen molar-refractivity contribution < 1.29 is 30.6 Å². The third kappa shape index (κ3) is 5.93.